The SMILES string of the molecule is CC1CCCC(N2CC(=O)CC2=O)C1C. The van der Waals surface area contributed by atoms with Crippen molar-refractivity contribution in [1.29, 1.82) is 0 Å². The lowest BCUT2D eigenvalue weighted by molar-refractivity contribution is -0.131. The predicted molar refractivity (Wildman–Crippen MR) is 57.3 cm³/mol. The molecule has 3 nitrogen and oxygen atoms in total. The van der Waals surface area contributed by atoms with Gasteiger partial charge in [-0.2, -0.15) is 0 Å². The standard InChI is InChI=1S/C12H19NO2/c1-8-4-3-5-11(9(8)2)13-7-10(14)6-12(13)15/h8-9,11H,3-7H2,1-2H3. The molecule has 1 saturated carbocycles. The van der Waals surface area contributed by atoms with Crippen molar-refractivity contribution in [2.24, 2.45) is 11.8 Å². The topological polar surface area (TPSA) is 37.4 Å². The van der Waals surface area contributed by atoms with Crippen LogP contribution in [0.2, 0.25) is 0 Å². The van der Waals surface area contributed by atoms with E-state index in [0.717, 1.165) is 6.42 Å². The Balaban J connectivity index is 2.09. The molecule has 0 aromatic rings. The van der Waals surface area contributed by atoms with Crippen LogP contribution in [-0.2, 0) is 9.59 Å². The van der Waals surface area contributed by atoms with Gasteiger partial charge in [-0.25, -0.2) is 0 Å². The lowest BCUT2D eigenvalue weighted by Gasteiger charge is -2.39. The van der Waals surface area contributed by atoms with Gasteiger partial charge in [-0.3, -0.25) is 9.59 Å². The van der Waals surface area contributed by atoms with Gasteiger partial charge in [0.25, 0.3) is 0 Å². The monoisotopic (exact) mass is 209 g/mol. The molecule has 2 rings (SSSR count). The molecule has 0 aromatic carbocycles. The third-order valence-corrected chi connectivity index (χ3v) is 4.08. The Morgan fingerprint density at radius 3 is 2.53 bits per heavy atom. The summed E-state index contributed by atoms with van der Waals surface area (Å²) in [4.78, 5) is 24.7. The summed E-state index contributed by atoms with van der Waals surface area (Å²) in [7, 11) is 0. The van der Waals surface area contributed by atoms with Gasteiger partial charge < -0.3 is 4.90 Å². The van der Waals surface area contributed by atoms with Crippen LogP contribution >= 0.6 is 0 Å². The first-order chi connectivity index (χ1) is 7.09. The first-order valence-electron chi connectivity index (χ1n) is 5.90. The quantitative estimate of drug-likeness (QED) is 0.615. The number of carbonyl (C=O) groups excluding carboxylic acids is 2. The van der Waals surface area contributed by atoms with E-state index in [2.05, 4.69) is 13.8 Å². The molecule has 2 fully saturated rings. The second-order valence-electron chi connectivity index (χ2n) is 5.07. The number of likely N-dealkylation sites (tertiary alicyclic amines) is 1. The van der Waals surface area contributed by atoms with Gasteiger partial charge in [0.15, 0.2) is 5.78 Å². The Morgan fingerprint density at radius 2 is 1.93 bits per heavy atom. The molecule has 0 N–H and O–H groups in total. The zero-order valence-electron chi connectivity index (χ0n) is 9.53. The third-order valence-electron chi connectivity index (χ3n) is 4.08. The lowest BCUT2D eigenvalue weighted by Crippen LogP contribution is -2.44. The first kappa shape index (κ1) is 10.7. The highest BCUT2D eigenvalue weighted by molar-refractivity contribution is 6.05. The fraction of sp³-hybridized carbons (Fsp3) is 0.833. The maximum absolute atomic E-state index is 11.6. The third kappa shape index (κ3) is 1.92. The molecule has 15 heavy (non-hydrogen) atoms. The number of amides is 1. The highest BCUT2D eigenvalue weighted by atomic mass is 16.2. The Morgan fingerprint density at radius 1 is 1.20 bits per heavy atom. The number of Topliss-reactive ketones (excluding diaryl/α,β-unsaturated/α-hetero) is 1. The van der Waals surface area contributed by atoms with Crippen LogP contribution in [-0.4, -0.2) is 29.2 Å². The number of ketones is 1. The minimum absolute atomic E-state index is 0.0472. The summed E-state index contributed by atoms with van der Waals surface area (Å²) in [5.74, 6) is 1.34. The van der Waals surface area contributed by atoms with Crippen molar-refractivity contribution >= 4 is 11.7 Å². The fourth-order valence-electron chi connectivity index (χ4n) is 2.90. The average Bonchev–Trinajstić information content (AvgIpc) is 2.50. The van der Waals surface area contributed by atoms with Crippen LogP contribution in [0.15, 0.2) is 0 Å². The van der Waals surface area contributed by atoms with Crippen molar-refractivity contribution in [3.63, 3.8) is 0 Å². The Labute approximate surface area is 90.8 Å². The molecule has 3 unspecified atom stereocenters. The minimum atomic E-state index is 0.0472. The molecule has 1 amide bonds. The molecule has 1 aliphatic carbocycles. The molecule has 0 bridgehead atoms. The second-order valence-corrected chi connectivity index (χ2v) is 5.07. The highest BCUT2D eigenvalue weighted by Gasteiger charge is 2.38. The molecular weight excluding hydrogens is 190 g/mol. The molecule has 1 heterocycles. The highest BCUT2D eigenvalue weighted by Crippen LogP contribution is 2.34. The lowest BCUT2D eigenvalue weighted by atomic mass is 9.77. The molecule has 3 heteroatoms. The normalized spacial score (nSPS) is 37.5. The van der Waals surface area contributed by atoms with Crippen LogP contribution in [0.1, 0.15) is 39.5 Å². The van der Waals surface area contributed by atoms with Crippen molar-refractivity contribution in [3.8, 4) is 0 Å². The van der Waals surface area contributed by atoms with E-state index in [4.69, 9.17) is 0 Å². The van der Waals surface area contributed by atoms with E-state index in [1.807, 2.05) is 4.90 Å². The van der Waals surface area contributed by atoms with Gasteiger partial charge in [0, 0.05) is 6.04 Å². The van der Waals surface area contributed by atoms with E-state index >= 15 is 0 Å². The van der Waals surface area contributed by atoms with E-state index in [-0.39, 0.29) is 18.1 Å². The number of carbonyl (C=O) groups is 2. The van der Waals surface area contributed by atoms with Crippen LogP contribution < -0.4 is 0 Å². The maximum Gasteiger partial charge on any atom is 0.230 e. The molecular formula is C12H19NO2. The molecule has 2 aliphatic rings. The van der Waals surface area contributed by atoms with Gasteiger partial charge in [0.05, 0.1) is 13.0 Å². The molecule has 0 spiro atoms. The van der Waals surface area contributed by atoms with E-state index in [0.29, 0.717) is 24.4 Å². The van der Waals surface area contributed by atoms with Crippen LogP contribution in [0.5, 0.6) is 0 Å². The zero-order chi connectivity index (χ0) is 11.0. The fourth-order valence-corrected chi connectivity index (χ4v) is 2.90. The van der Waals surface area contributed by atoms with Crippen LogP contribution in [0, 0.1) is 11.8 Å². The Hall–Kier alpha value is -0.860. The average molecular weight is 209 g/mol. The molecule has 0 aromatic heterocycles. The summed E-state index contributed by atoms with van der Waals surface area (Å²) < 4.78 is 0. The van der Waals surface area contributed by atoms with Crippen molar-refractivity contribution in [1.82, 2.24) is 4.90 Å². The summed E-state index contributed by atoms with van der Waals surface area (Å²) in [5, 5.41) is 0. The molecule has 3 atom stereocenters. The summed E-state index contributed by atoms with van der Waals surface area (Å²) in [6.45, 7) is 4.82. The summed E-state index contributed by atoms with van der Waals surface area (Å²) >= 11 is 0. The number of rotatable bonds is 1. The number of hydrogen-bond donors (Lipinski definition) is 0. The Kier molecular flexibility index (Phi) is 2.81. The van der Waals surface area contributed by atoms with Gasteiger partial charge in [0.2, 0.25) is 5.91 Å². The zero-order valence-corrected chi connectivity index (χ0v) is 9.53. The molecule has 1 saturated heterocycles. The van der Waals surface area contributed by atoms with Crippen molar-refractivity contribution in [2.75, 3.05) is 6.54 Å². The van der Waals surface area contributed by atoms with Gasteiger partial charge in [0.1, 0.15) is 0 Å². The van der Waals surface area contributed by atoms with Gasteiger partial charge in [-0.05, 0) is 18.3 Å². The summed E-state index contributed by atoms with van der Waals surface area (Å²) in [5.41, 5.74) is 0. The van der Waals surface area contributed by atoms with Crippen molar-refractivity contribution in [3.05, 3.63) is 0 Å². The predicted octanol–water partition coefficient (Wildman–Crippen LogP) is 1.61. The molecule has 1 aliphatic heterocycles. The van der Waals surface area contributed by atoms with Gasteiger partial charge in [-0.1, -0.05) is 26.7 Å². The van der Waals surface area contributed by atoms with Crippen molar-refractivity contribution < 1.29 is 9.59 Å². The largest absolute Gasteiger partial charge is 0.332 e. The number of nitrogens with zero attached hydrogens (tertiary/aromatic N) is 1. The molecule has 84 valence electrons. The van der Waals surface area contributed by atoms with E-state index < -0.39 is 0 Å². The van der Waals surface area contributed by atoms with Gasteiger partial charge >= 0.3 is 0 Å². The van der Waals surface area contributed by atoms with E-state index in [9.17, 15) is 9.59 Å². The minimum Gasteiger partial charge on any atom is -0.332 e. The summed E-state index contributed by atoms with van der Waals surface area (Å²) in [6.07, 6.45) is 3.66. The van der Waals surface area contributed by atoms with Crippen LogP contribution in [0.4, 0.5) is 0 Å². The van der Waals surface area contributed by atoms with E-state index in [1.54, 1.807) is 0 Å². The van der Waals surface area contributed by atoms with Crippen LogP contribution in [0.3, 0.4) is 0 Å². The number of hydrogen-bond acceptors (Lipinski definition) is 2. The summed E-state index contributed by atoms with van der Waals surface area (Å²) in [6, 6.07) is 0.313. The second kappa shape index (κ2) is 3.95. The smallest absolute Gasteiger partial charge is 0.230 e. The Bertz CT molecular complexity index is 287. The van der Waals surface area contributed by atoms with Crippen LogP contribution in [0.25, 0.3) is 0 Å². The van der Waals surface area contributed by atoms with E-state index in [1.165, 1.54) is 12.8 Å². The van der Waals surface area contributed by atoms with Gasteiger partial charge in [-0.15, -0.1) is 0 Å². The van der Waals surface area contributed by atoms with Crippen molar-refractivity contribution in [2.45, 2.75) is 45.6 Å². The maximum atomic E-state index is 11.6. The molecule has 0 radical (unpaired) electrons. The first-order valence-corrected chi connectivity index (χ1v) is 5.90.